The molecule has 0 aliphatic rings. The lowest BCUT2D eigenvalue weighted by atomic mass is 9.89. The number of carbonyl (C=O) groups is 1. The summed E-state index contributed by atoms with van der Waals surface area (Å²) in [5.41, 5.74) is 5.12. The second-order valence-electron chi connectivity index (χ2n) is 8.89. The first-order chi connectivity index (χ1) is 17.7. The lowest BCUT2D eigenvalue weighted by Gasteiger charge is -2.20. The summed E-state index contributed by atoms with van der Waals surface area (Å²) in [4.78, 5) is 25.2. The van der Waals surface area contributed by atoms with Crippen LogP contribution in [0.3, 0.4) is 0 Å². The summed E-state index contributed by atoms with van der Waals surface area (Å²) in [6.45, 7) is 5.84. The highest BCUT2D eigenvalue weighted by atomic mass is 35.5. The number of hydrogen-bond donors (Lipinski definition) is 2. The maximum Gasteiger partial charge on any atom is 0.254 e. The molecule has 0 aliphatic heterocycles. The standard InChI is InChI=1S/C27H23Cl2FN6O/c1-14-7-18(9-24-26(14)34-16(3)33-24)21(17-5-4-6-19(30)8-17)12-31-27(37)25-22(28)10-20(11-23(25)29)36-13-32-15(2)35-36/h4-11,13,21H,12H2,1-3H3,(H,31,37)(H,33,34)/t21-/m0/s1. The molecule has 188 valence electrons. The van der Waals surface area contributed by atoms with Gasteiger partial charge >= 0.3 is 0 Å². The van der Waals surface area contributed by atoms with E-state index in [1.54, 1.807) is 31.5 Å². The minimum absolute atomic E-state index is 0.150. The predicted molar refractivity (Wildman–Crippen MR) is 142 cm³/mol. The van der Waals surface area contributed by atoms with Gasteiger partial charge in [0.2, 0.25) is 0 Å². The highest BCUT2D eigenvalue weighted by Crippen LogP contribution is 2.31. The van der Waals surface area contributed by atoms with Gasteiger partial charge in [-0.2, -0.15) is 5.10 Å². The SMILES string of the molecule is Cc1ncn(-c2cc(Cl)c(C(=O)NC[C@@H](c3cccc(F)c3)c3cc(C)c4[nH]c(C)nc4c3)c(Cl)c2)n1. The van der Waals surface area contributed by atoms with Crippen LogP contribution in [0.4, 0.5) is 4.39 Å². The molecule has 0 fully saturated rings. The molecule has 5 aromatic rings. The largest absolute Gasteiger partial charge is 0.351 e. The number of aryl methyl sites for hydroxylation is 3. The first kappa shape index (κ1) is 24.9. The van der Waals surface area contributed by atoms with E-state index in [-0.39, 0.29) is 33.9 Å². The molecule has 0 radical (unpaired) electrons. The van der Waals surface area contributed by atoms with Crippen LogP contribution in [0, 0.1) is 26.6 Å². The Kier molecular flexibility index (Phi) is 6.70. The Morgan fingerprint density at radius 3 is 2.51 bits per heavy atom. The summed E-state index contributed by atoms with van der Waals surface area (Å²) < 4.78 is 15.7. The van der Waals surface area contributed by atoms with Gasteiger partial charge in [-0.05, 0) is 67.8 Å². The fourth-order valence-electron chi connectivity index (χ4n) is 4.45. The van der Waals surface area contributed by atoms with Gasteiger partial charge in [0.1, 0.15) is 23.8 Å². The Balaban J connectivity index is 1.46. The van der Waals surface area contributed by atoms with Gasteiger partial charge in [0.15, 0.2) is 0 Å². The predicted octanol–water partition coefficient (Wildman–Crippen LogP) is 6.08. The van der Waals surface area contributed by atoms with Crippen LogP contribution in [0.15, 0.2) is 54.9 Å². The molecule has 0 saturated heterocycles. The number of aromatic nitrogens is 5. The van der Waals surface area contributed by atoms with E-state index in [1.165, 1.54) is 16.8 Å². The molecule has 0 spiro atoms. The molecule has 10 heteroatoms. The van der Waals surface area contributed by atoms with E-state index in [0.717, 1.165) is 33.5 Å². The zero-order chi connectivity index (χ0) is 26.3. The van der Waals surface area contributed by atoms with E-state index in [0.29, 0.717) is 11.5 Å². The lowest BCUT2D eigenvalue weighted by Crippen LogP contribution is -2.29. The molecule has 2 aromatic heterocycles. The van der Waals surface area contributed by atoms with Crippen LogP contribution in [0.5, 0.6) is 0 Å². The molecule has 2 heterocycles. The van der Waals surface area contributed by atoms with E-state index in [4.69, 9.17) is 23.2 Å². The summed E-state index contributed by atoms with van der Waals surface area (Å²) >= 11 is 13.0. The first-order valence-corrected chi connectivity index (χ1v) is 12.3. The van der Waals surface area contributed by atoms with Crippen LogP contribution in [0.2, 0.25) is 10.0 Å². The highest BCUT2D eigenvalue weighted by molar-refractivity contribution is 6.40. The number of nitrogens with one attached hydrogen (secondary N) is 2. The molecule has 37 heavy (non-hydrogen) atoms. The van der Waals surface area contributed by atoms with Gasteiger partial charge in [-0.3, -0.25) is 4.79 Å². The molecule has 0 saturated carbocycles. The van der Waals surface area contributed by atoms with Gasteiger partial charge in [-0.15, -0.1) is 0 Å². The fraction of sp³-hybridized carbons (Fsp3) is 0.185. The smallest absolute Gasteiger partial charge is 0.254 e. The van der Waals surface area contributed by atoms with Gasteiger partial charge in [0, 0.05) is 12.5 Å². The van der Waals surface area contributed by atoms with Gasteiger partial charge in [-0.1, -0.05) is 41.4 Å². The molecule has 5 rings (SSSR count). The zero-order valence-corrected chi connectivity index (χ0v) is 21.8. The fourth-order valence-corrected chi connectivity index (χ4v) is 5.10. The maximum absolute atomic E-state index is 14.2. The summed E-state index contributed by atoms with van der Waals surface area (Å²) in [7, 11) is 0. The van der Waals surface area contributed by atoms with Crippen LogP contribution < -0.4 is 5.32 Å². The van der Waals surface area contributed by atoms with Crippen molar-refractivity contribution < 1.29 is 9.18 Å². The van der Waals surface area contributed by atoms with Crippen molar-refractivity contribution in [2.75, 3.05) is 6.54 Å². The zero-order valence-electron chi connectivity index (χ0n) is 20.3. The topological polar surface area (TPSA) is 88.5 Å². The van der Waals surface area contributed by atoms with Crippen molar-refractivity contribution >= 4 is 40.1 Å². The quantitative estimate of drug-likeness (QED) is 0.275. The Bertz CT molecular complexity index is 1620. The molecule has 1 atom stereocenters. The van der Waals surface area contributed by atoms with Crippen LogP contribution in [-0.2, 0) is 0 Å². The summed E-state index contributed by atoms with van der Waals surface area (Å²) in [5, 5.41) is 7.55. The van der Waals surface area contributed by atoms with E-state index in [1.807, 2.05) is 32.0 Å². The number of imidazole rings is 1. The van der Waals surface area contributed by atoms with E-state index in [2.05, 4.69) is 25.4 Å². The monoisotopic (exact) mass is 536 g/mol. The molecule has 2 N–H and O–H groups in total. The lowest BCUT2D eigenvalue weighted by molar-refractivity contribution is 0.0952. The third-order valence-electron chi connectivity index (χ3n) is 6.18. The van der Waals surface area contributed by atoms with E-state index < -0.39 is 5.91 Å². The molecule has 1 amide bonds. The van der Waals surface area contributed by atoms with Crippen molar-refractivity contribution in [2.24, 2.45) is 0 Å². The second-order valence-corrected chi connectivity index (χ2v) is 9.71. The number of fused-ring (bicyclic) bond motifs is 1. The summed E-state index contributed by atoms with van der Waals surface area (Å²) in [5.74, 6) is 0.267. The Hall–Kier alpha value is -3.75. The van der Waals surface area contributed by atoms with Crippen molar-refractivity contribution in [3.8, 4) is 5.69 Å². The third-order valence-corrected chi connectivity index (χ3v) is 6.77. The first-order valence-electron chi connectivity index (χ1n) is 11.6. The number of hydrogen-bond acceptors (Lipinski definition) is 4. The van der Waals surface area contributed by atoms with Gasteiger partial charge in [-0.25, -0.2) is 19.0 Å². The van der Waals surface area contributed by atoms with Gasteiger partial charge < -0.3 is 10.3 Å². The van der Waals surface area contributed by atoms with Crippen LogP contribution in [0.25, 0.3) is 16.7 Å². The van der Waals surface area contributed by atoms with E-state index >= 15 is 0 Å². The van der Waals surface area contributed by atoms with Crippen LogP contribution in [-0.4, -0.2) is 37.2 Å². The van der Waals surface area contributed by atoms with Crippen molar-refractivity contribution in [2.45, 2.75) is 26.7 Å². The van der Waals surface area contributed by atoms with Crippen LogP contribution in [0.1, 0.15) is 44.6 Å². The molecule has 0 bridgehead atoms. The second kappa shape index (κ2) is 9.95. The summed E-state index contributed by atoms with van der Waals surface area (Å²) in [6, 6.07) is 13.6. The minimum Gasteiger partial charge on any atom is -0.351 e. The summed E-state index contributed by atoms with van der Waals surface area (Å²) in [6.07, 6.45) is 1.54. The van der Waals surface area contributed by atoms with Crippen molar-refractivity contribution in [1.82, 2.24) is 30.0 Å². The molecule has 3 aromatic carbocycles. The average Bonchev–Trinajstić information content (AvgIpc) is 3.44. The Morgan fingerprint density at radius 2 is 1.84 bits per heavy atom. The number of carbonyl (C=O) groups excluding carboxylic acids is 1. The molecular weight excluding hydrogens is 514 g/mol. The number of aromatic amines is 1. The number of benzene rings is 3. The molecule has 0 unspecified atom stereocenters. The third kappa shape index (κ3) is 5.08. The number of amides is 1. The molecule has 7 nitrogen and oxygen atoms in total. The van der Waals surface area contributed by atoms with Gasteiger partial charge in [0.05, 0.1) is 32.3 Å². The molecule has 0 aliphatic carbocycles. The number of rotatable bonds is 6. The molecular formula is C27H23Cl2FN6O. The Morgan fingerprint density at radius 1 is 1.08 bits per heavy atom. The van der Waals surface area contributed by atoms with Crippen molar-refractivity contribution in [3.05, 3.63) is 105 Å². The number of H-pyrrole nitrogens is 1. The van der Waals surface area contributed by atoms with E-state index in [9.17, 15) is 9.18 Å². The van der Waals surface area contributed by atoms with Crippen molar-refractivity contribution in [3.63, 3.8) is 0 Å². The Labute approximate surface area is 222 Å². The average molecular weight is 537 g/mol. The van der Waals surface area contributed by atoms with Crippen LogP contribution >= 0.6 is 23.2 Å². The number of halogens is 3. The maximum atomic E-state index is 14.2. The minimum atomic E-state index is -0.439. The normalized spacial score (nSPS) is 12.2. The number of nitrogens with zero attached hydrogens (tertiary/aromatic N) is 4. The highest BCUT2D eigenvalue weighted by Gasteiger charge is 2.22. The van der Waals surface area contributed by atoms with Gasteiger partial charge in [0.25, 0.3) is 5.91 Å². The van der Waals surface area contributed by atoms with Crippen molar-refractivity contribution in [1.29, 1.82) is 0 Å².